The number of halogens is 2. The van der Waals surface area contributed by atoms with Gasteiger partial charge >= 0.3 is 0 Å². The summed E-state index contributed by atoms with van der Waals surface area (Å²) >= 11 is 13.7. The van der Waals surface area contributed by atoms with Crippen LogP contribution in [-0.4, -0.2) is 19.7 Å². The van der Waals surface area contributed by atoms with E-state index in [9.17, 15) is 0 Å². The van der Waals surface area contributed by atoms with E-state index < -0.39 is 0 Å². The minimum atomic E-state index is 0.538. The lowest BCUT2D eigenvalue weighted by Crippen LogP contribution is -2.07. The summed E-state index contributed by atoms with van der Waals surface area (Å²) < 4.78 is 1.65. The Bertz CT molecular complexity index is 1040. The molecule has 0 bridgehead atoms. The highest BCUT2D eigenvalue weighted by atomic mass is 35.5. The summed E-state index contributed by atoms with van der Waals surface area (Å²) in [5.74, 6) is 1.31. The number of anilines is 1. The lowest BCUT2D eigenvalue weighted by atomic mass is 10.2. The van der Waals surface area contributed by atoms with Gasteiger partial charge in [-0.05, 0) is 36.8 Å². The molecule has 25 heavy (non-hydrogen) atoms. The number of nitrogens with one attached hydrogen (secondary N) is 1. The lowest BCUT2D eigenvalue weighted by Gasteiger charge is -2.09. The van der Waals surface area contributed by atoms with E-state index in [1.54, 1.807) is 28.3 Å². The number of thiophene rings is 1. The van der Waals surface area contributed by atoms with Gasteiger partial charge in [-0.15, -0.1) is 11.3 Å². The Morgan fingerprint density at radius 1 is 1.16 bits per heavy atom. The van der Waals surface area contributed by atoms with Gasteiger partial charge in [0.2, 0.25) is 0 Å². The van der Waals surface area contributed by atoms with E-state index in [1.165, 1.54) is 4.88 Å². The number of hydrogen-bond acceptors (Lipinski definition) is 5. The van der Waals surface area contributed by atoms with Gasteiger partial charge in [0.05, 0.1) is 15.4 Å². The third kappa shape index (κ3) is 3.33. The molecule has 0 aliphatic rings. The Labute approximate surface area is 158 Å². The second-order valence-electron chi connectivity index (χ2n) is 5.50. The van der Waals surface area contributed by atoms with Crippen molar-refractivity contribution < 1.29 is 0 Å². The molecule has 0 saturated heterocycles. The van der Waals surface area contributed by atoms with Gasteiger partial charge < -0.3 is 5.32 Å². The SMILES string of the molecule is Cc1cc2c(NCc3ccc(Cl)c(Cl)c3)nc(-n3cccn3)nc2s1. The van der Waals surface area contributed by atoms with E-state index >= 15 is 0 Å². The van der Waals surface area contributed by atoms with Gasteiger partial charge in [0, 0.05) is 23.8 Å². The average Bonchev–Trinajstić information content (AvgIpc) is 3.24. The quantitative estimate of drug-likeness (QED) is 0.527. The fourth-order valence-corrected chi connectivity index (χ4v) is 3.69. The van der Waals surface area contributed by atoms with E-state index in [1.807, 2.05) is 24.4 Å². The van der Waals surface area contributed by atoms with E-state index in [4.69, 9.17) is 23.2 Å². The summed E-state index contributed by atoms with van der Waals surface area (Å²) in [5.41, 5.74) is 1.02. The Morgan fingerprint density at radius 2 is 2.04 bits per heavy atom. The second kappa shape index (κ2) is 6.63. The summed E-state index contributed by atoms with van der Waals surface area (Å²) in [7, 11) is 0. The first-order valence-electron chi connectivity index (χ1n) is 7.56. The Kier molecular flexibility index (Phi) is 4.33. The van der Waals surface area contributed by atoms with Crippen LogP contribution in [0.2, 0.25) is 10.0 Å². The van der Waals surface area contributed by atoms with Crippen LogP contribution in [0.5, 0.6) is 0 Å². The van der Waals surface area contributed by atoms with Crippen molar-refractivity contribution >= 4 is 50.6 Å². The van der Waals surface area contributed by atoms with Gasteiger partial charge in [0.15, 0.2) is 0 Å². The summed E-state index contributed by atoms with van der Waals surface area (Å²) in [5, 5.41) is 9.68. The van der Waals surface area contributed by atoms with Crippen LogP contribution in [0.1, 0.15) is 10.4 Å². The number of aryl methyl sites for hydroxylation is 1. The van der Waals surface area contributed by atoms with Crippen LogP contribution < -0.4 is 5.32 Å². The normalized spacial score (nSPS) is 11.2. The van der Waals surface area contributed by atoms with Crippen LogP contribution in [0.25, 0.3) is 16.2 Å². The van der Waals surface area contributed by atoms with Crippen LogP contribution in [0.15, 0.2) is 42.7 Å². The largest absolute Gasteiger partial charge is 0.365 e. The van der Waals surface area contributed by atoms with Crippen molar-refractivity contribution in [3.05, 3.63) is 63.2 Å². The monoisotopic (exact) mass is 389 g/mol. The van der Waals surface area contributed by atoms with Gasteiger partial charge in [0.25, 0.3) is 5.95 Å². The Balaban J connectivity index is 1.70. The Hall–Kier alpha value is -2.15. The van der Waals surface area contributed by atoms with Gasteiger partial charge in [-0.3, -0.25) is 0 Å². The van der Waals surface area contributed by atoms with Crippen molar-refractivity contribution in [3.63, 3.8) is 0 Å². The van der Waals surface area contributed by atoms with Crippen LogP contribution in [0.3, 0.4) is 0 Å². The number of aromatic nitrogens is 4. The van der Waals surface area contributed by atoms with Crippen molar-refractivity contribution in [2.24, 2.45) is 0 Å². The van der Waals surface area contributed by atoms with Crippen LogP contribution in [-0.2, 0) is 6.54 Å². The molecule has 0 spiro atoms. The average molecular weight is 390 g/mol. The van der Waals surface area contributed by atoms with Crippen LogP contribution in [0.4, 0.5) is 5.82 Å². The third-order valence-corrected chi connectivity index (χ3v) is 5.34. The van der Waals surface area contributed by atoms with Gasteiger partial charge in [-0.1, -0.05) is 29.3 Å². The van der Waals surface area contributed by atoms with E-state index in [0.29, 0.717) is 22.5 Å². The van der Waals surface area contributed by atoms with Crippen molar-refractivity contribution in [1.82, 2.24) is 19.7 Å². The number of rotatable bonds is 4. The zero-order valence-corrected chi connectivity index (χ0v) is 15.5. The third-order valence-electron chi connectivity index (χ3n) is 3.66. The van der Waals surface area contributed by atoms with E-state index in [-0.39, 0.29) is 0 Å². The highest BCUT2D eigenvalue weighted by Crippen LogP contribution is 2.30. The molecular weight excluding hydrogens is 377 g/mol. The number of hydrogen-bond donors (Lipinski definition) is 1. The summed E-state index contributed by atoms with van der Waals surface area (Å²) in [6.07, 6.45) is 3.53. The van der Waals surface area contributed by atoms with Crippen molar-refractivity contribution in [2.45, 2.75) is 13.5 Å². The lowest BCUT2D eigenvalue weighted by molar-refractivity contribution is 0.816. The molecule has 1 N–H and O–H groups in total. The van der Waals surface area contributed by atoms with E-state index in [0.717, 1.165) is 21.6 Å². The molecule has 3 aromatic heterocycles. The molecule has 126 valence electrons. The highest BCUT2D eigenvalue weighted by Gasteiger charge is 2.12. The Morgan fingerprint density at radius 3 is 2.80 bits per heavy atom. The maximum Gasteiger partial charge on any atom is 0.253 e. The fraction of sp³-hybridized carbons (Fsp3) is 0.118. The number of benzene rings is 1. The van der Waals surface area contributed by atoms with Gasteiger partial charge in [0.1, 0.15) is 10.6 Å². The molecule has 1 aromatic carbocycles. The molecule has 0 aliphatic heterocycles. The minimum absolute atomic E-state index is 0.538. The molecular formula is C17H13Cl2N5S. The predicted octanol–water partition coefficient (Wildman–Crippen LogP) is 5.10. The zero-order valence-electron chi connectivity index (χ0n) is 13.2. The molecule has 8 heteroatoms. The number of nitrogens with zero attached hydrogens (tertiary/aromatic N) is 4. The first-order valence-corrected chi connectivity index (χ1v) is 9.13. The summed E-state index contributed by atoms with van der Waals surface area (Å²) in [6.45, 7) is 2.64. The van der Waals surface area contributed by atoms with Crippen molar-refractivity contribution in [3.8, 4) is 5.95 Å². The fourth-order valence-electron chi connectivity index (χ4n) is 2.49. The standard InChI is InChI=1S/C17H13Cl2N5S/c1-10-7-12-15(20-9-11-3-4-13(18)14(19)8-11)22-17(23-16(12)25-10)24-6-2-5-21-24/h2-8H,9H2,1H3,(H,20,22,23). The van der Waals surface area contributed by atoms with Gasteiger partial charge in [-0.25, -0.2) is 4.68 Å². The predicted molar refractivity (Wildman–Crippen MR) is 103 cm³/mol. The summed E-state index contributed by atoms with van der Waals surface area (Å²) in [6, 6.07) is 9.51. The minimum Gasteiger partial charge on any atom is -0.365 e. The maximum absolute atomic E-state index is 6.09. The molecule has 0 saturated carbocycles. The highest BCUT2D eigenvalue weighted by molar-refractivity contribution is 7.18. The second-order valence-corrected chi connectivity index (χ2v) is 7.55. The molecule has 5 nitrogen and oxygen atoms in total. The molecule has 4 aromatic rings. The molecule has 0 fully saturated rings. The molecule has 0 aliphatic carbocycles. The topological polar surface area (TPSA) is 55.6 Å². The molecule has 3 heterocycles. The van der Waals surface area contributed by atoms with Crippen LogP contribution >= 0.6 is 34.5 Å². The molecule has 0 unspecified atom stereocenters. The maximum atomic E-state index is 6.09. The number of fused-ring (bicyclic) bond motifs is 1. The molecule has 0 amide bonds. The zero-order chi connectivity index (χ0) is 17.4. The van der Waals surface area contributed by atoms with Crippen molar-refractivity contribution in [2.75, 3.05) is 5.32 Å². The molecule has 0 radical (unpaired) electrons. The smallest absolute Gasteiger partial charge is 0.253 e. The van der Waals surface area contributed by atoms with E-state index in [2.05, 4.69) is 33.4 Å². The first-order chi connectivity index (χ1) is 12.1. The molecule has 0 atom stereocenters. The molecule has 4 rings (SSSR count). The van der Waals surface area contributed by atoms with Crippen LogP contribution in [0, 0.1) is 6.92 Å². The first kappa shape index (κ1) is 16.3. The van der Waals surface area contributed by atoms with Gasteiger partial charge in [-0.2, -0.15) is 15.1 Å². The summed E-state index contributed by atoms with van der Waals surface area (Å²) in [4.78, 5) is 11.4. The van der Waals surface area contributed by atoms with Crippen molar-refractivity contribution in [1.29, 1.82) is 0 Å².